The van der Waals surface area contributed by atoms with Crippen LogP contribution in [0.4, 0.5) is 0 Å². The van der Waals surface area contributed by atoms with Gasteiger partial charge in [0.05, 0.1) is 23.5 Å². The first-order chi connectivity index (χ1) is 14.2. The van der Waals surface area contributed by atoms with E-state index in [1.165, 1.54) is 0 Å². The third-order valence-corrected chi connectivity index (χ3v) is 5.54. The Morgan fingerprint density at radius 3 is 2.76 bits per heavy atom. The summed E-state index contributed by atoms with van der Waals surface area (Å²) in [6.45, 7) is 0.719. The second-order valence-corrected chi connectivity index (χ2v) is 7.68. The third-order valence-electron chi connectivity index (χ3n) is 5.54. The quantitative estimate of drug-likeness (QED) is 0.526. The van der Waals surface area contributed by atoms with Crippen molar-refractivity contribution in [1.82, 2.24) is 14.5 Å². The number of carboxylic acid groups (broad SMARTS) is 1. The number of hydrogen-bond donors (Lipinski definition) is 1. The van der Waals surface area contributed by atoms with E-state index in [1.54, 1.807) is 6.20 Å². The third kappa shape index (κ3) is 3.63. The second-order valence-electron chi connectivity index (χ2n) is 7.68. The summed E-state index contributed by atoms with van der Waals surface area (Å²) in [5.74, 6) is -0.414. The molecule has 1 fully saturated rings. The lowest BCUT2D eigenvalue weighted by Gasteiger charge is -2.09. The Hall–Kier alpha value is -3.47. The Labute approximate surface area is 168 Å². The lowest BCUT2D eigenvalue weighted by molar-refractivity contribution is 0.0695. The van der Waals surface area contributed by atoms with Crippen LogP contribution >= 0.6 is 0 Å². The van der Waals surface area contributed by atoms with Gasteiger partial charge in [0.25, 0.3) is 0 Å². The van der Waals surface area contributed by atoms with Crippen LogP contribution in [0.25, 0.3) is 10.9 Å². The van der Waals surface area contributed by atoms with E-state index >= 15 is 0 Å². The molecule has 5 rings (SSSR count). The van der Waals surface area contributed by atoms with Gasteiger partial charge < -0.3 is 9.67 Å². The average Bonchev–Trinajstić information content (AvgIpc) is 3.51. The summed E-state index contributed by atoms with van der Waals surface area (Å²) in [5.41, 5.74) is 5.20. The predicted molar refractivity (Wildman–Crippen MR) is 111 cm³/mol. The first kappa shape index (κ1) is 17.6. The van der Waals surface area contributed by atoms with Crippen molar-refractivity contribution in [2.75, 3.05) is 0 Å². The van der Waals surface area contributed by atoms with Crippen LogP contribution in [-0.2, 0) is 13.0 Å². The largest absolute Gasteiger partial charge is 0.478 e. The lowest BCUT2D eigenvalue weighted by atomic mass is 10.0. The molecule has 1 N–H and O–H groups in total. The first-order valence-electron chi connectivity index (χ1n) is 9.87. The van der Waals surface area contributed by atoms with Crippen LogP contribution in [-0.4, -0.2) is 25.6 Å². The monoisotopic (exact) mass is 383 g/mol. The van der Waals surface area contributed by atoms with E-state index < -0.39 is 5.97 Å². The molecule has 0 aliphatic heterocycles. The predicted octanol–water partition coefficient (Wildman–Crippen LogP) is 4.65. The molecule has 0 amide bonds. The summed E-state index contributed by atoms with van der Waals surface area (Å²) in [6.07, 6.45) is 8.49. The highest BCUT2D eigenvalue weighted by Gasteiger charge is 2.25. The zero-order chi connectivity index (χ0) is 19.8. The molecule has 1 saturated carbocycles. The molecular formula is C24H21N3O2. The van der Waals surface area contributed by atoms with Gasteiger partial charge in [-0.3, -0.25) is 9.97 Å². The van der Waals surface area contributed by atoms with Crippen LogP contribution in [0.5, 0.6) is 0 Å². The van der Waals surface area contributed by atoms with Crippen molar-refractivity contribution in [3.05, 3.63) is 95.2 Å². The molecule has 0 spiro atoms. The van der Waals surface area contributed by atoms with Crippen molar-refractivity contribution in [3.63, 3.8) is 0 Å². The maximum Gasteiger partial charge on any atom is 0.337 e. The minimum atomic E-state index is -0.905. The number of carbonyl (C=O) groups is 1. The van der Waals surface area contributed by atoms with Crippen LogP contribution in [0, 0.1) is 0 Å². The van der Waals surface area contributed by atoms with E-state index in [4.69, 9.17) is 0 Å². The lowest BCUT2D eigenvalue weighted by Crippen LogP contribution is -2.07. The maximum atomic E-state index is 11.7. The number of aromatic nitrogens is 3. The molecule has 29 heavy (non-hydrogen) atoms. The number of carboxylic acids is 1. The van der Waals surface area contributed by atoms with Crippen molar-refractivity contribution in [2.24, 2.45) is 0 Å². The molecular weight excluding hydrogens is 362 g/mol. The molecule has 5 heteroatoms. The Morgan fingerprint density at radius 1 is 1.10 bits per heavy atom. The van der Waals surface area contributed by atoms with E-state index in [0.717, 1.165) is 47.1 Å². The average molecular weight is 383 g/mol. The molecule has 1 aliphatic carbocycles. The van der Waals surface area contributed by atoms with Crippen molar-refractivity contribution in [3.8, 4) is 0 Å². The van der Waals surface area contributed by atoms with Crippen molar-refractivity contribution in [2.45, 2.75) is 31.7 Å². The van der Waals surface area contributed by atoms with Gasteiger partial charge in [0, 0.05) is 30.5 Å². The van der Waals surface area contributed by atoms with Gasteiger partial charge in [0.15, 0.2) is 0 Å². The minimum absolute atomic E-state index is 0.321. The van der Waals surface area contributed by atoms with Gasteiger partial charge in [-0.25, -0.2) is 4.79 Å². The zero-order valence-corrected chi connectivity index (χ0v) is 16.0. The van der Waals surface area contributed by atoms with Gasteiger partial charge in [-0.1, -0.05) is 12.1 Å². The molecule has 0 bridgehead atoms. The van der Waals surface area contributed by atoms with E-state index in [2.05, 4.69) is 45.0 Å². The summed E-state index contributed by atoms with van der Waals surface area (Å²) in [6, 6.07) is 16.1. The SMILES string of the molecule is O=C(O)c1cc(C2CC2)cnc1Cc1ccc2c(ccn2Cc2ccccn2)c1. The van der Waals surface area contributed by atoms with Crippen LogP contribution in [0.15, 0.2) is 67.1 Å². The zero-order valence-electron chi connectivity index (χ0n) is 16.0. The molecule has 0 saturated heterocycles. The number of benzene rings is 1. The minimum Gasteiger partial charge on any atom is -0.478 e. The fraction of sp³-hybridized carbons (Fsp3) is 0.208. The molecule has 3 heterocycles. The topological polar surface area (TPSA) is 68.0 Å². The standard InChI is InChI=1S/C24H21N3O2/c28-24(29)21-13-19(17-5-6-17)14-26-22(21)12-16-4-7-23-18(11-16)8-10-27(23)15-20-3-1-2-9-25-20/h1-4,7-11,13-14,17H,5-6,12,15H2,(H,28,29). The first-order valence-corrected chi connectivity index (χ1v) is 9.87. The van der Waals surface area contributed by atoms with Crippen molar-refractivity contribution in [1.29, 1.82) is 0 Å². The summed E-state index contributed by atoms with van der Waals surface area (Å²) in [5, 5.41) is 10.8. The maximum absolute atomic E-state index is 11.7. The molecule has 1 aliphatic rings. The summed E-state index contributed by atoms with van der Waals surface area (Å²) >= 11 is 0. The molecule has 144 valence electrons. The van der Waals surface area contributed by atoms with Gasteiger partial charge in [-0.05, 0) is 71.7 Å². The van der Waals surface area contributed by atoms with Gasteiger partial charge in [0.2, 0.25) is 0 Å². The van der Waals surface area contributed by atoms with Crippen molar-refractivity contribution >= 4 is 16.9 Å². The van der Waals surface area contributed by atoms with Crippen LogP contribution < -0.4 is 0 Å². The van der Waals surface area contributed by atoms with E-state index in [1.807, 2.05) is 30.5 Å². The van der Waals surface area contributed by atoms with E-state index in [9.17, 15) is 9.90 Å². The molecule has 4 aromatic rings. The van der Waals surface area contributed by atoms with Gasteiger partial charge in [0.1, 0.15) is 0 Å². The molecule has 3 aromatic heterocycles. The van der Waals surface area contributed by atoms with Gasteiger partial charge >= 0.3 is 5.97 Å². The number of hydrogen-bond acceptors (Lipinski definition) is 3. The normalized spacial score (nSPS) is 13.7. The number of pyridine rings is 2. The van der Waals surface area contributed by atoms with E-state index in [0.29, 0.717) is 23.6 Å². The van der Waals surface area contributed by atoms with E-state index in [-0.39, 0.29) is 0 Å². The Bertz CT molecular complexity index is 1190. The molecule has 0 radical (unpaired) electrons. The van der Waals surface area contributed by atoms with Crippen LogP contribution in [0.2, 0.25) is 0 Å². The highest BCUT2D eigenvalue weighted by Crippen LogP contribution is 2.40. The number of nitrogens with zero attached hydrogens (tertiary/aromatic N) is 3. The van der Waals surface area contributed by atoms with Gasteiger partial charge in [-0.15, -0.1) is 0 Å². The smallest absolute Gasteiger partial charge is 0.337 e. The van der Waals surface area contributed by atoms with Crippen LogP contribution in [0.1, 0.15) is 51.6 Å². The summed E-state index contributed by atoms with van der Waals surface area (Å²) < 4.78 is 2.17. The second kappa shape index (κ2) is 7.17. The Kier molecular flexibility index (Phi) is 4.35. The number of fused-ring (bicyclic) bond motifs is 1. The Balaban J connectivity index is 1.42. The van der Waals surface area contributed by atoms with Crippen molar-refractivity contribution < 1.29 is 9.90 Å². The van der Waals surface area contributed by atoms with Crippen LogP contribution in [0.3, 0.4) is 0 Å². The highest BCUT2D eigenvalue weighted by atomic mass is 16.4. The van der Waals surface area contributed by atoms with Gasteiger partial charge in [-0.2, -0.15) is 0 Å². The Morgan fingerprint density at radius 2 is 2.00 bits per heavy atom. The number of rotatable bonds is 6. The molecule has 0 atom stereocenters. The molecule has 0 unspecified atom stereocenters. The fourth-order valence-corrected chi connectivity index (χ4v) is 3.83. The number of aromatic carboxylic acids is 1. The highest BCUT2D eigenvalue weighted by molar-refractivity contribution is 5.89. The summed E-state index contributed by atoms with van der Waals surface area (Å²) in [7, 11) is 0. The fourth-order valence-electron chi connectivity index (χ4n) is 3.83. The molecule has 5 nitrogen and oxygen atoms in total. The molecule has 1 aromatic carbocycles. The summed E-state index contributed by atoms with van der Waals surface area (Å²) in [4.78, 5) is 20.6.